The van der Waals surface area contributed by atoms with Crippen LogP contribution in [0.25, 0.3) is 0 Å². The number of fused-ring (bicyclic) bond motifs is 7. The van der Waals surface area contributed by atoms with Gasteiger partial charge < -0.3 is 14.2 Å². The van der Waals surface area contributed by atoms with Crippen molar-refractivity contribution in [3.63, 3.8) is 0 Å². The molecule has 0 aromatic rings. The third kappa shape index (κ3) is 4.25. The van der Waals surface area contributed by atoms with Crippen LogP contribution in [0.5, 0.6) is 0 Å². The molecule has 5 heteroatoms. The van der Waals surface area contributed by atoms with Crippen molar-refractivity contribution in [1.29, 1.82) is 0 Å². The summed E-state index contributed by atoms with van der Waals surface area (Å²) in [4.78, 5) is 24.3. The zero-order chi connectivity index (χ0) is 29.3. The first-order valence-corrected chi connectivity index (χ1v) is 16.1. The Bertz CT molecular complexity index is 1030. The molecule has 0 bridgehead atoms. The molecule has 0 amide bonds. The normalized spacial score (nSPS) is 47.2. The van der Waals surface area contributed by atoms with Crippen LogP contribution in [0.3, 0.4) is 0 Å². The monoisotopic (exact) mass is 556 g/mol. The van der Waals surface area contributed by atoms with Gasteiger partial charge in [-0.05, 0) is 117 Å². The van der Waals surface area contributed by atoms with Gasteiger partial charge >= 0.3 is 11.9 Å². The summed E-state index contributed by atoms with van der Waals surface area (Å²) < 4.78 is 16.9. The van der Waals surface area contributed by atoms with Crippen molar-refractivity contribution in [3.8, 4) is 0 Å². The number of esters is 2. The van der Waals surface area contributed by atoms with Crippen LogP contribution in [0.15, 0.2) is 12.2 Å². The maximum atomic E-state index is 12.4. The number of rotatable bonds is 6. The Morgan fingerprint density at radius 1 is 0.825 bits per heavy atom. The number of ether oxygens (including phenoxy) is 3. The number of hydrogen-bond acceptors (Lipinski definition) is 5. The van der Waals surface area contributed by atoms with Crippen LogP contribution in [-0.2, 0) is 23.8 Å². The molecule has 5 saturated carbocycles. The smallest absolute Gasteiger partial charge is 0.332 e. The fourth-order valence-electron chi connectivity index (χ4n) is 12.3. The van der Waals surface area contributed by atoms with Crippen LogP contribution < -0.4 is 0 Å². The highest BCUT2D eigenvalue weighted by atomic mass is 16.6. The molecule has 5 fully saturated rings. The van der Waals surface area contributed by atoms with Gasteiger partial charge in [0.05, 0.1) is 6.61 Å². The molecule has 0 unspecified atom stereocenters. The molecule has 10 atom stereocenters. The average Bonchev–Trinajstić information content (AvgIpc) is 3.25. The number of methoxy groups -OCH3 is 1. The van der Waals surface area contributed by atoms with E-state index in [1.165, 1.54) is 44.1 Å². The molecule has 0 heterocycles. The van der Waals surface area contributed by atoms with Crippen LogP contribution in [0.1, 0.15) is 113 Å². The second-order valence-corrected chi connectivity index (χ2v) is 16.1. The summed E-state index contributed by atoms with van der Waals surface area (Å²) >= 11 is 0. The highest BCUT2D eigenvalue weighted by molar-refractivity contribution is 5.70. The van der Waals surface area contributed by atoms with Gasteiger partial charge in [-0.2, -0.15) is 0 Å². The quantitative estimate of drug-likeness (QED) is 0.247. The Morgan fingerprint density at radius 3 is 2.20 bits per heavy atom. The van der Waals surface area contributed by atoms with E-state index in [0.717, 1.165) is 25.7 Å². The maximum absolute atomic E-state index is 12.4. The van der Waals surface area contributed by atoms with Gasteiger partial charge in [0.2, 0.25) is 0 Å². The van der Waals surface area contributed by atoms with Crippen molar-refractivity contribution >= 4 is 11.9 Å². The number of carbonyl (C=O) groups is 2. The molecule has 0 spiro atoms. The topological polar surface area (TPSA) is 61.8 Å². The predicted octanol–water partition coefficient (Wildman–Crippen LogP) is 7.77. The SMILES string of the molecule is C=C(C)[C@@H]1CC[C@]2(COC(=O)COC)CC[C@]3(C)[C@H](CC[C@@H]4[C@@]5(C)CC[C@H](OC(C)=O)C(C)(C)[C@@H]5CC[C@]43C)[C@@H]12. The van der Waals surface area contributed by atoms with Crippen LogP contribution in [0, 0.1) is 56.7 Å². The van der Waals surface area contributed by atoms with E-state index in [1.807, 2.05) is 0 Å². The van der Waals surface area contributed by atoms with E-state index >= 15 is 0 Å². The zero-order valence-corrected chi connectivity index (χ0v) is 26.7. The Balaban J connectivity index is 1.47. The molecule has 0 saturated heterocycles. The molecule has 5 aliphatic carbocycles. The Labute approximate surface area is 243 Å². The Kier molecular flexibility index (Phi) is 7.62. The van der Waals surface area contributed by atoms with Crippen molar-refractivity contribution in [2.24, 2.45) is 56.7 Å². The van der Waals surface area contributed by atoms with Gasteiger partial charge in [-0.1, -0.05) is 46.8 Å². The van der Waals surface area contributed by atoms with E-state index in [1.54, 1.807) is 14.0 Å². The first-order valence-electron chi connectivity index (χ1n) is 16.1. The first kappa shape index (κ1) is 30.1. The minimum Gasteiger partial charge on any atom is -0.463 e. The molecule has 5 nitrogen and oxygen atoms in total. The minimum absolute atomic E-state index is 0.0119. The Hall–Kier alpha value is -1.36. The van der Waals surface area contributed by atoms with Crippen molar-refractivity contribution in [3.05, 3.63) is 12.2 Å². The lowest BCUT2D eigenvalue weighted by molar-refractivity contribution is -0.252. The molecule has 0 radical (unpaired) electrons. The van der Waals surface area contributed by atoms with E-state index in [-0.39, 0.29) is 51.7 Å². The van der Waals surface area contributed by atoms with Gasteiger partial charge in [-0.15, -0.1) is 0 Å². The van der Waals surface area contributed by atoms with E-state index in [2.05, 4.69) is 48.1 Å². The highest BCUT2D eigenvalue weighted by Gasteiger charge is 2.71. The van der Waals surface area contributed by atoms with Gasteiger partial charge in [0, 0.05) is 24.9 Å². The van der Waals surface area contributed by atoms with Gasteiger partial charge in [-0.3, -0.25) is 4.79 Å². The van der Waals surface area contributed by atoms with E-state index in [4.69, 9.17) is 14.2 Å². The van der Waals surface area contributed by atoms with Crippen molar-refractivity contribution < 1.29 is 23.8 Å². The number of hydrogen-bond donors (Lipinski definition) is 0. The standard InChI is InChI=1S/C35H56O5/c1-22(2)24-12-17-35(21-39-29(37)20-38-9)19-18-33(7)25(30(24)35)10-11-27-32(6)15-14-28(40-23(3)36)31(4,5)26(32)13-16-34(27,33)8/h24-28,30H,1,10-21H2,2-9H3/t24-,25+,26-,27+,28-,30+,32-,33+,34+,35+/m0/s1. The number of carbonyl (C=O) groups excluding carboxylic acids is 2. The van der Waals surface area contributed by atoms with E-state index in [9.17, 15) is 9.59 Å². The summed E-state index contributed by atoms with van der Waals surface area (Å²) in [5, 5.41) is 0. The fraction of sp³-hybridized carbons (Fsp3) is 0.886. The molecular weight excluding hydrogens is 500 g/mol. The summed E-state index contributed by atoms with van der Waals surface area (Å²) in [6.45, 7) is 21.5. The van der Waals surface area contributed by atoms with Crippen molar-refractivity contribution in [2.45, 2.75) is 119 Å². The lowest BCUT2D eigenvalue weighted by Crippen LogP contribution is -2.67. The molecule has 0 aromatic heterocycles. The third-order valence-electron chi connectivity index (χ3n) is 14.3. The van der Waals surface area contributed by atoms with Gasteiger partial charge in [-0.25, -0.2) is 4.79 Å². The summed E-state index contributed by atoms with van der Waals surface area (Å²) in [6, 6.07) is 0. The summed E-state index contributed by atoms with van der Waals surface area (Å²) in [5.41, 5.74) is 2.14. The van der Waals surface area contributed by atoms with Crippen molar-refractivity contribution in [2.75, 3.05) is 20.3 Å². The minimum atomic E-state index is -0.239. The zero-order valence-electron chi connectivity index (χ0n) is 26.7. The molecule has 5 aliphatic rings. The molecule has 226 valence electrons. The van der Waals surface area contributed by atoms with Crippen molar-refractivity contribution in [1.82, 2.24) is 0 Å². The second-order valence-electron chi connectivity index (χ2n) is 16.1. The second kappa shape index (κ2) is 10.1. The van der Waals surface area contributed by atoms with E-state index in [0.29, 0.717) is 36.2 Å². The molecular formula is C35H56O5. The third-order valence-corrected chi connectivity index (χ3v) is 14.3. The average molecular weight is 557 g/mol. The van der Waals surface area contributed by atoms with Gasteiger partial charge in [0.25, 0.3) is 0 Å². The van der Waals surface area contributed by atoms with E-state index < -0.39 is 0 Å². The molecule has 5 rings (SSSR count). The first-order chi connectivity index (χ1) is 18.7. The fourth-order valence-corrected chi connectivity index (χ4v) is 12.3. The summed E-state index contributed by atoms with van der Waals surface area (Å²) in [7, 11) is 1.55. The Morgan fingerprint density at radius 2 is 1.55 bits per heavy atom. The largest absolute Gasteiger partial charge is 0.463 e. The predicted molar refractivity (Wildman–Crippen MR) is 157 cm³/mol. The molecule has 0 N–H and O–H groups in total. The van der Waals surface area contributed by atoms with Crippen LogP contribution in [-0.4, -0.2) is 38.4 Å². The highest BCUT2D eigenvalue weighted by Crippen LogP contribution is 2.77. The maximum Gasteiger partial charge on any atom is 0.332 e. The molecule has 0 aromatic carbocycles. The van der Waals surface area contributed by atoms with Crippen LogP contribution in [0.4, 0.5) is 0 Å². The summed E-state index contributed by atoms with van der Waals surface area (Å²) in [6.07, 6.45) is 11.8. The van der Waals surface area contributed by atoms with Gasteiger partial charge in [0.1, 0.15) is 12.7 Å². The number of allylic oxidation sites excluding steroid dienone is 1. The lowest BCUT2D eigenvalue weighted by atomic mass is 9.32. The van der Waals surface area contributed by atoms with Gasteiger partial charge in [0.15, 0.2) is 0 Å². The molecule has 40 heavy (non-hydrogen) atoms. The molecule has 0 aliphatic heterocycles. The summed E-state index contributed by atoms with van der Waals surface area (Å²) in [5.74, 6) is 2.52. The van der Waals surface area contributed by atoms with Crippen LogP contribution in [0.2, 0.25) is 0 Å². The van der Waals surface area contributed by atoms with Crippen LogP contribution >= 0.6 is 0 Å². The lowest BCUT2D eigenvalue weighted by Gasteiger charge is -2.73.